The van der Waals surface area contributed by atoms with E-state index in [9.17, 15) is 0 Å². The van der Waals surface area contributed by atoms with Gasteiger partial charge in [0.15, 0.2) is 0 Å². The Balaban J connectivity index is 1.81. The van der Waals surface area contributed by atoms with Crippen LogP contribution in [-0.4, -0.2) is 27.6 Å². The van der Waals surface area contributed by atoms with E-state index in [-0.39, 0.29) is 11.6 Å². The van der Waals surface area contributed by atoms with Gasteiger partial charge < -0.3 is 10.5 Å². The molecular formula is C17H18N4O. The zero-order valence-electron chi connectivity index (χ0n) is 12.7. The molecule has 112 valence electrons. The van der Waals surface area contributed by atoms with Crippen molar-refractivity contribution in [3.63, 3.8) is 0 Å². The van der Waals surface area contributed by atoms with Crippen LogP contribution in [0.25, 0.3) is 11.3 Å². The first kappa shape index (κ1) is 13.2. The molecule has 4 rings (SSSR count). The summed E-state index contributed by atoms with van der Waals surface area (Å²) in [7, 11) is 0. The van der Waals surface area contributed by atoms with E-state index in [4.69, 9.17) is 10.5 Å². The molecule has 2 heterocycles. The molecule has 0 saturated carbocycles. The number of fused-ring (bicyclic) bond motifs is 1. The lowest BCUT2D eigenvalue weighted by atomic mass is 9.91. The quantitative estimate of drug-likeness (QED) is 0.873. The Kier molecular flexibility index (Phi) is 2.73. The van der Waals surface area contributed by atoms with Crippen LogP contribution in [-0.2, 0) is 17.6 Å². The minimum atomic E-state index is -0.264. The number of ether oxygens (including phenoxy) is 1. The van der Waals surface area contributed by atoms with Crippen LogP contribution in [0.3, 0.4) is 0 Å². The summed E-state index contributed by atoms with van der Waals surface area (Å²) in [6.45, 7) is 4.00. The number of rotatable bonds is 1. The monoisotopic (exact) mass is 294 g/mol. The molecular weight excluding hydrogens is 276 g/mol. The fourth-order valence-electron chi connectivity index (χ4n) is 3.53. The van der Waals surface area contributed by atoms with E-state index >= 15 is 0 Å². The predicted octanol–water partition coefficient (Wildman–Crippen LogP) is 2.02. The van der Waals surface area contributed by atoms with Gasteiger partial charge in [0.2, 0.25) is 0 Å². The Hall–Kier alpha value is -2.43. The molecule has 2 aliphatic rings. The summed E-state index contributed by atoms with van der Waals surface area (Å²) in [5.41, 5.74) is 11.1. The third-order valence-electron chi connectivity index (χ3n) is 4.67. The van der Waals surface area contributed by atoms with Gasteiger partial charge >= 0.3 is 0 Å². The molecule has 2 atom stereocenters. The highest BCUT2D eigenvalue weighted by molar-refractivity contribution is 5.75. The summed E-state index contributed by atoms with van der Waals surface area (Å²) in [4.78, 5) is 13.5. The van der Waals surface area contributed by atoms with E-state index in [1.54, 1.807) is 6.20 Å². The topological polar surface area (TPSA) is 73.4 Å². The van der Waals surface area contributed by atoms with Crippen LogP contribution in [0.5, 0.6) is 0 Å². The van der Waals surface area contributed by atoms with Crippen molar-refractivity contribution >= 4 is 6.02 Å². The SMILES string of the molecule is Cc1cncc(-c2cccc3c2C[C@@]2(C3)N=C(N)O[C@@H]2C)n1. The first-order valence-electron chi connectivity index (χ1n) is 7.49. The second kappa shape index (κ2) is 4.53. The average molecular weight is 294 g/mol. The summed E-state index contributed by atoms with van der Waals surface area (Å²) in [6, 6.07) is 6.64. The fraction of sp³-hybridized carbons (Fsp3) is 0.353. The normalized spacial score (nSPS) is 25.9. The molecule has 0 fully saturated rings. The van der Waals surface area contributed by atoms with Crippen molar-refractivity contribution in [3.8, 4) is 11.3 Å². The molecule has 0 saturated heterocycles. The molecule has 0 bridgehead atoms. The Morgan fingerprint density at radius 2 is 2.14 bits per heavy atom. The van der Waals surface area contributed by atoms with E-state index < -0.39 is 0 Å². The molecule has 1 aliphatic heterocycles. The number of aromatic nitrogens is 2. The van der Waals surface area contributed by atoms with Gasteiger partial charge in [0, 0.05) is 24.6 Å². The maximum absolute atomic E-state index is 5.79. The Morgan fingerprint density at radius 3 is 2.86 bits per heavy atom. The average Bonchev–Trinajstić information content (AvgIpc) is 2.98. The number of hydrogen-bond donors (Lipinski definition) is 1. The standard InChI is InChI=1S/C17H18N4O/c1-10-8-19-9-15(20-10)13-5-3-4-12-6-17(7-14(12)13)11(2)22-16(18)21-17/h3-5,8-9,11H,6-7H2,1-2H3,(H2,18,21)/t11-,17-/m1/s1. The number of benzene rings is 1. The smallest absolute Gasteiger partial charge is 0.282 e. The number of nitrogens with two attached hydrogens (primary N) is 1. The second-order valence-corrected chi connectivity index (χ2v) is 6.16. The van der Waals surface area contributed by atoms with Crippen molar-refractivity contribution in [1.29, 1.82) is 0 Å². The molecule has 1 aromatic heterocycles. The summed E-state index contributed by atoms with van der Waals surface area (Å²) < 4.78 is 5.59. The van der Waals surface area contributed by atoms with Gasteiger partial charge in [-0.15, -0.1) is 0 Å². The van der Waals surface area contributed by atoms with Gasteiger partial charge in [-0.3, -0.25) is 4.98 Å². The van der Waals surface area contributed by atoms with Crippen LogP contribution in [0.15, 0.2) is 35.6 Å². The Morgan fingerprint density at radius 1 is 1.27 bits per heavy atom. The van der Waals surface area contributed by atoms with Gasteiger partial charge in [0.05, 0.1) is 17.6 Å². The van der Waals surface area contributed by atoms with Gasteiger partial charge in [-0.05, 0) is 25.0 Å². The summed E-state index contributed by atoms with van der Waals surface area (Å²) in [6.07, 6.45) is 5.27. The number of aliphatic imine (C=N–C) groups is 1. The predicted molar refractivity (Wildman–Crippen MR) is 84.5 cm³/mol. The van der Waals surface area contributed by atoms with Crippen molar-refractivity contribution in [1.82, 2.24) is 9.97 Å². The van der Waals surface area contributed by atoms with Gasteiger partial charge in [-0.25, -0.2) is 9.98 Å². The van der Waals surface area contributed by atoms with Crippen LogP contribution in [0.2, 0.25) is 0 Å². The van der Waals surface area contributed by atoms with Crippen LogP contribution in [0, 0.1) is 6.92 Å². The molecule has 2 aromatic rings. The maximum Gasteiger partial charge on any atom is 0.282 e. The van der Waals surface area contributed by atoms with E-state index in [2.05, 4.69) is 33.2 Å². The third-order valence-corrected chi connectivity index (χ3v) is 4.67. The molecule has 22 heavy (non-hydrogen) atoms. The fourth-order valence-corrected chi connectivity index (χ4v) is 3.53. The molecule has 0 radical (unpaired) electrons. The van der Waals surface area contributed by atoms with Crippen molar-refractivity contribution in [2.75, 3.05) is 0 Å². The minimum Gasteiger partial charge on any atom is -0.460 e. The number of hydrogen-bond acceptors (Lipinski definition) is 5. The Labute approximate surface area is 129 Å². The highest BCUT2D eigenvalue weighted by atomic mass is 16.5. The lowest BCUT2D eigenvalue weighted by Gasteiger charge is -2.23. The molecule has 5 nitrogen and oxygen atoms in total. The van der Waals surface area contributed by atoms with Crippen molar-refractivity contribution in [2.24, 2.45) is 10.7 Å². The maximum atomic E-state index is 5.79. The molecule has 0 amide bonds. The molecule has 1 spiro atoms. The largest absolute Gasteiger partial charge is 0.460 e. The highest BCUT2D eigenvalue weighted by Crippen LogP contribution is 2.42. The van der Waals surface area contributed by atoms with E-state index in [0.717, 1.165) is 29.8 Å². The third kappa shape index (κ3) is 1.89. The van der Waals surface area contributed by atoms with Gasteiger partial charge in [0.25, 0.3) is 6.02 Å². The minimum absolute atomic E-state index is 0.00339. The zero-order chi connectivity index (χ0) is 15.3. The first-order valence-corrected chi connectivity index (χ1v) is 7.49. The van der Waals surface area contributed by atoms with E-state index in [0.29, 0.717) is 6.02 Å². The zero-order valence-corrected chi connectivity index (χ0v) is 12.7. The van der Waals surface area contributed by atoms with Gasteiger partial charge in [-0.1, -0.05) is 18.2 Å². The molecule has 5 heteroatoms. The van der Waals surface area contributed by atoms with Gasteiger partial charge in [0.1, 0.15) is 11.6 Å². The van der Waals surface area contributed by atoms with Crippen molar-refractivity contribution < 1.29 is 4.74 Å². The number of nitrogens with zero attached hydrogens (tertiary/aromatic N) is 3. The summed E-state index contributed by atoms with van der Waals surface area (Å²) in [5, 5.41) is 0. The van der Waals surface area contributed by atoms with Crippen molar-refractivity contribution in [2.45, 2.75) is 38.3 Å². The van der Waals surface area contributed by atoms with Gasteiger partial charge in [-0.2, -0.15) is 0 Å². The lowest BCUT2D eigenvalue weighted by Crippen LogP contribution is -2.36. The summed E-state index contributed by atoms with van der Waals surface area (Å²) in [5.74, 6) is 0. The second-order valence-electron chi connectivity index (χ2n) is 6.16. The van der Waals surface area contributed by atoms with Crippen LogP contribution in [0.1, 0.15) is 23.7 Å². The van der Waals surface area contributed by atoms with Crippen LogP contribution < -0.4 is 5.73 Å². The van der Waals surface area contributed by atoms with E-state index in [1.165, 1.54) is 11.1 Å². The summed E-state index contributed by atoms with van der Waals surface area (Å²) >= 11 is 0. The lowest BCUT2D eigenvalue weighted by molar-refractivity contribution is 0.157. The van der Waals surface area contributed by atoms with E-state index in [1.807, 2.05) is 20.0 Å². The number of amidine groups is 1. The van der Waals surface area contributed by atoms with Crippen LogP contribution >= 0.6 is 0 Å². The van der Waals surface area contributed by atoms with Crippen LogP contribution in [0.4, 0.5) is 0 Å². The number of aryl methyl sites for hydroxylation is 1. The molecule has 0 unspecified atom stereocenters. The van der Waals surface area contributed by atoms with Crippen molar-refractivity contribution in [3.05, 3.63) is 47.4 Å². The molecule has 1 aromatic carbocycles. The highest BCUT2D eigenvalue weighted by Gasteiger charge is 2.48. The first-order chi connectivity index (χ1) is 10.6. The molecule has 2 N–H and O–H groups in total. The Bertz CT molecular complexity index is 786. The molecule has 1 aliphatic carbocycles.